The second-order valence-corrected chi connectivity index (χ2v) is 5.12. The molecule has 5 heteroatoms. The highest BCUT2D eigenvalue weighted by Gasteiger charge is 2.17. The second kappa shape index (κ2) is 5.94. The normalized spacial score (nSPS) is 12.4. The molecule has 0 aromatic carbocycles. The van der Waals surface area contributed by atoms with E-state index in [2.05, 4.69) is 27.8 Å². The fraction of sp³-hybridized carbons (Fsp3) is 0.545. The minimum absolute atomic E-state index is 0.126. The van der Waals surface area contributed by atoms with Gasteiger partial charge in [0, 0.05) is 23.5 Å². The fourth-order valence-corrected chi connectivity index (χ4v) is 2.29. The van der Waals surface area contributed by atoms with Crippen LogP contribution in [0.15, 0.2) is 12.3 Å². The van der Waals surface area contributed by atoms with Gasteiger partial charge in [-0.15, -0.1) is 0 Å². The third-order valence-electron chi connectivity index (χ3n) is 2.30. The van der Waals surface area contributed by atoms with Crippen molar-refractivity contribution in [2.45, 2.75) is 37.9 Å². The summed E-state index contributed by atoms with van der Waals surface area (Å²) >= 11 is 3.51. The first-order valence-electron chi connectivity index (χ1n) is 5.28. The molecule has 0 bridgehead atoms. The summed E-state index contributed by atoms with van der Waals surface area (Å²) in [5.74, 6) is 0. The molecule has 0 spiro atoms. The molecular formula is C11H15BrN2O2. The fourth-order valence-electron chi connectivity index (χ4n) is 1.52. The van der Waals surface area contributed by atoms with Crippen LogP contribution in [0.2, 0.25) is 0 Å². The van der Waals surface area contributed by atoms with Gasteiger partial charge in [-0.05, 0) is 18.9 Å². The zero-order valence-electron chi connectivity index (χ0n) is 9.44. The first kappa shape index (κ1) is 13.1. The standard InChI is InChI=1S/C11H15BrN2O2/c1-3-4-9(12)6-10-11(14(15)16)5-8(2)7-13-10/h5,7,9H,3-4,6H2,1-2H3. The van der Waals surface area contributed by atoms with Crippen LogP contribution in [0.5, 0.6) is 0 Å². The molecule has 0 N–H and O–H groups in total. The maximum Gasteiger partial charge on any atom is 0.291 e. The van der Waals surface area contributed by atoms with Crippen molar-refractivity contribution in [2.75, 3.05) is 0 Å². The Hall–Kier alpha value is -0.970. The van der Waals surface area contributed by atoms with Crippen LogP contribution in [-0.2, 0) is 6.42 Å². The molecule has 0 aliphatic heterocycles. The maximum absolute atomic E-state index is 10.9. The van der Waals surface area contributed by atoms with E-state index in [0.717, 1.165) is 18.4 Å². The molecule has 0 fully saturated rings. The summed E-state index contributed by atoms with van der Waals surface area (Å²) in [6, 6.07) is 1.58. The molecule has 0 aliphatic rings. The number of alkyl halides is 1. The molecule has 4 nitrogen and oxygen atoms in total. The van der Waals surface area contributed by atoms with Crippen molar-refractivity contribution < 1.29 is 4.92 Å². The highest BCUT2D eigenvalue weighted by Crippen LogP contribution is 2.22. The second-order valence-electron chi connectivity index (χ2n) is 3.83. The quantitative estimate of drug-likeness (QED) is 0.474. The molecule has 88 valence electrons. The van der Waals surface area contributed by atoms with Crippen molar-refractivity contribution >= 4 is 21.6 Å². The molecule has 0 radical (unpaired) electrons. The van der Waals surface area contributed by atoms with Gasteiger partial charge in [0.1, 0.15) is 5.69 Å². The molecule has 1 atom stereocenters. The van der Waals surface area contributed by atoms with Crippen molar-refractivity contribution in [3.63, 3.8) is 0 Å². The first-order valence-corrected chi connectivity index (χ1v) is 6.20. The van der Waals surface area contributed by atoms with E-state index >= 15 is 0 Å². The van der Waals surface area contributed by atoms with Gasteiger partial charge in [0.15, 0.2) is 0 Å². The SMILES string of the molecule is CCCC(Br)Cc1ncc(C)cc1[N+](=O)[O-]. The van der Waals surface area contributed by atoms with Crippen LogP contribution < -0.4 is 0 Å². The highest BCUT2D eigenvalue weighted by molar-refractivity contribution is 9.09. The number of nitrogens with zero attached hydrogens (tertiary/aromatic N) is 2. The van der Waals surface area contributed by atoms with Gasteiger partial charge in [-0.1, -0.05) is 29.3 Å². The molecule has 0 saturated carbocycles. The van der Waals surface area contributed by atoms with E-state index in [-0.39, 0.29) is 15.4 Å². The van der Waals surface area contributed by atoms with Crippen molar-refractivity contribution in [2.24, 2.45) is 0 Å². The number of hydrogen-bond acceptors (Lipinski definition) is 3. The smallest absolute Gasteiger partial charge is 0.258 e. The molecule has 0 amide bonds. The van der Waals surface area contributed by atoms with Crippen LogP contribution in [0.4, 0.5) is 5.69 Å². The Bertz CT molecular complexity index is 382. The summed E-state index contributed by atoms with van der Waals surface area (Å²) in [6.07, 6.45) is 4.32. The maximum atomic E-state index is 10.9. The molecule has 1 heterocycles. The largest absolute Gasteiger partial charge is 0.291 e. The molecule has 1 rings (SSSR count). The number of hydrogen-bond donors (Lipinski definition) is 0. The van der Waals surface area contributed by atoms with E-state index in [4.69, 9.17) is 0 Å². The molecule has 0 saturated heterocycles. The lowest BCUT2D eigenvalue weighted by Crippen LogP contribution is -2.07. The lowest BCUT2D eigenvalue weighted by atomic mass is 10.1. The average molecular weight is 287 g/mol. The third-order valence-corrected chi connectivity index (χ3v) is 3.08. The van der Waals surface area contributed by atoms with Crippen molar-refractivity contribution in [1.82, 2.24) is 4.98 Å². The van der Waals surface area contributed by atoms with Crippen molar-refractivity contribution in [3.05, 3.63) is 33.6 Å². The van der Waals surface area contributed by atoms with E-state index in [9.17, 15) is 10.1 Å². The number of rotatable bonds is 5. The van der Waals surface area contributed by atoms with Gasteiger partial charge in [-0.3, -0.25) is 15.1 Å². The van der Waals surface area contributed by atoms with Gasteiger partial charge in [0.25, 0.3) is 5.69 Å². The molecular weight excluding hydrogens is 272 g/mol. The van der Waals surface area contributed by atoms with Crippen LogP contribution >= 0.6 is 15.9 Å². The van der Waals surface area contributed by atoms with Crippen LogP contribution in [0.25, 0.3) is 0 Å². The topological polar surface area (TPSA) is 56.0 Å². The summed E-state index contributed by atoms with van der Waals surface area (Å²) in [4.78, 5) is 14.9. The number of halogens is 1. The summed E-state index contributed by atoms with van der Waals surface area (Å²) < 4.78 is 0. The monoisotopic (exact) mass is 286 g/mol. The minimum atomic E-state index is -0.360. The Morgan fingerprint density at radius 1 is 1.62 bits per heavy atom. The predicted octanol–water partition coefficient (Wildman–Crippen LogP) is 3.40. The zero-order valence-corrected chi connectivity index (χ0v) is 11.0. The summed E-state index contributed by atoms with van der Waals surface area (Å²) in [7, 11) is 0. The zero-order chi connectivity index (χ0) is 12.1. The lowest BCUT2D eigenvalue weighted by Gasteiger charge is -2.08. The Morgan fingerprint density at radius 2 is 2.31 bits per heavy atom. The molecule has 16 heavy (non-hydrogen) atoms. The molecule has 1 aromatic rings. The predicted molar refractivity (Wildman–Crippen MR) is 67.0 cm³/mol. The van der Waals surface area contributed by atoms with E-state index < -0.39 is 0 Å². The lowest BCUT2D eigenvalue weighted by molar-refractivity contribution is -0.386. The summed E-state index contributed by atoms with van der Waals surface area (Å²) in [5, 5.41) is 10.9. The van der Waals surface area contributed by atoms with E-state index in [0.29, 0.717) is 12.1 Å². The molecule has 1 aromatic heterocycles. The van der Waals surface area contributed by atoms with Crippen molar-refractivity contribution in [1.29, 1.82) is 0 Å². The van der Waals surface area contributed by atoms with Gasteiger partial charge >= 0.3 is 0 Å². The first-order chi connectivity index (χ1) is 7.54. The van der Waals surface area contributed by atoms with Gasteiger partial charge in [-0.2, -0.15) is 0 Å². The van der Waals surface area contributed by atoms with Crippen LogP contribution in [0.1, 0.15) is 31.0 Å². The van der Waals surface area contributed by atoms with E-state index in [1.807, 2.05) is 0 Å². The van der Waals surface area contributed by atoms with Gasteiger partial charge in [0.2, 0.25) is 0 Å². The van der Waals surface area contributed by atoms with Gasteiger partial charge in [0.05, 0.1) is 4.92 Å². The Kier molecular flexibility index (Phi) is 4.86. The number of aromatic nitrogens is 1. The average Bonchev–Trinajstić information content (AvgIpc) is 2.20. The highest BCUT2D eigenvalue weighted by atomic mass is 79.9. The van der Waals surface area contributed by atoms with Crippen molar-refractivity contribution in [3.8, 4) is 0 Å². The van der Waals surface area contributed by atoms with Gasteiger partial charge in [-0.25, -0.2) is 0 Å². The van der Waals surface area contributed by atoms with Crippen LogP contribution in [0.3, 0.4) is 0 Å². The van der Waals surface area contributed by atoms with E-state index in [1.165, 1.54) is 0 Å². The number of pyridine rings is 1. The number of nitro groups is 1. The summed E-state index contributed by atoms with van der Waals surface area (Å²) in [6.45, 7) is 3.90. The van der Waals surface area contributed by atoms with E-state index in [1.54, 1.807) is 19.2 Å². The van der Waals surface area contributed by atoms with Crippen LogP contribution in [0, 0.1) is 17.0 Å². The molecule has 1 unspecified atom stereocenters. The Morgan fingerprint density at radius 3 is 2.88 bits per heavy atom. The molecule has 0 aliphatic carbocycles. The Labute approximate surface area is 103 Å². The van der Waals surface area contributed by atoms with Crippen LogP contribution in [-0.4, -0.2) is 14.7 Å². The number of aryl methyl sites for hydroxylation is 1. The minimum Gasteiger partial charge on any atom is -0.258 e. The third kappa shape index (κ3) is 3.56. The van der Waals surface area contributed by atoms with Gasteiger partial charge < -0.3 is 0 Å². The Balaban J connectivity index is 2.90. The summed E-state index contributed by atoms with van der Waals surface area (Å²) in [5.41, 5.74) is 1.50.